The Hall–Kier alpha value is -1.77. The van der Waals surface area contributed by atoms with E-state index in [0.29, 0.717) is 23.6 Å². The van der Waals surface area contributed by atoms with Crippen molar-refractivity contribution in [2.45, 2.75) is 39.0 Å². The molecule has 19 heavy (non-hydrogen) atoms. The third-order valence-electron chi connectivity index (χ3n) is 3.41. The van der Waals surface area contributed by atoms with Crippen molar-refractivity contribution < 1.29 is 9.53 Å². The first-order chi connectivity index (χ1) is 9.24. The zero-order valence-electron chi connectivity index (χ0n) is 11.4. The lowest BCUT2D eigenvalue weighted by atomic mass is 9.98. The molecular weight excluding hydrogens is 238 g/mol. The van der Waals surface area contributed by atoms with Gasteiger partial charge in [0.05, 0.1) is 17.9 Å². The van der Waals surface area contributed by atoms with Crippen molar-refractivity contribution >= 4 is 11.5 Å². The number of hydrogen-bond acceptors (Lipinski definition) is 3. The molecule has 1 aliphatic carbocycles. The lowest BCUT2D eigenvalue weighted by molar-refractivity contribution is 0.102. The van der Waals surface area contributed by atoms with Crippen molar-refractivity contribution in [1.29, 1.82) is 0 Å². The Labute approximate surface area is 114 Å². The van der Waals surface area contributed by atoms with Gasteiger partial charge in [-0.1, -0.05) is 18.6 Å². The third-order valence-corrected chi connectivity index (χ3v) is 3.41. The molecule has 2 rings (SSSR count). The fraction of sp³-hybridized carbons (Fsp3) is 0.438. The van der Waals surface area contributed by atoms with Crippen LogP contribution in [0.1, 0.15) is 49.4 Å². The topological polar surface area (TPSA) is 52.3 Å². The number of para-hydroxylation sites is 1. The number of hydrogen-bond donors (Lipinski definition) is 1. The van der Waals surface area contributed by atoms with Crippen LogP contribution >= 0.6 is 0 Å². The lowest BCUT2D eigenvalue weighted by Crippen LogP contribution is -2.08. The van der Waals surface area contributed by atoms with Crippen molar-refractivity contribution in [1.82, 2.24) is 0 Å². The molecule has 0 aromatic heterocycles. The van der Waals surface area contributed by atoms with Gasteiger partial charge in [-0.3, -0.25) is 4.79 Å². The predicted octanol–water partition coefficient (Wildman–Crippen LogP) is 3.74. The van der Waals surface area contributed by atoms with Crippen LogP contribution < -0.4 is 10.5 Å². The number of benzene rings is 1. The standard InChI is InChI=1S/C16H21NO2/c1-2-19-16-13(10-7-11-14(16)17)15(18)12-8-5-3-4-6-9-12/h7-8,10-11H,2-6,9,17H2,1H3. The molecule has 2 N–H and O–H groups in total. The molecule has 0 heterocycles. The summed E-state index contributed by atoms with van der Waals surface area (Å²) in [7, 11) is 0. The Balaban J connectivity index is 2.32. The molecule has 0 radical (unpaired) electrons. The highest BCUT2D eigenvalue weighted by Crippen LogP contribution is 2.30. The number of carbonyl (C=O) groups excluding carboxylic acids is 1. The molecule has 0 saturated carbocycles. The average Bonchev–Trinajstić information content (AvgIpc) is 2.69. The Morgan fingerprint density at radius 2 is 2.16 bits per heavy atom. The van der Waals surface area contributed by atoms with E-state index < -0.39 is 0 Å². The molecule has 102 valence electrons. The van der Waals surface area contributed by atoms with Crippen LogP contribution in [-0.2, 0) is 0 Å². The third kappa shape index (κ3) is 3.16. The number of carbonyl (C=O) groups is 1. The van der Waals surface area contributed by atoms with Gasteiger partial charge in [0.1, 0.15) is 0 Å². The number of anilines is 1. The van der Waals surface area contributed by atoms with Crippen LogP contribution in [0.25, 0.3) is 0 Å². The van der Waals surface area contributed by atoms with Gasteiger partial charge in [0.15, 0.2) is 11.5 Å². The highest BCUT2D eigenvalue weighted by atomic mass is 16.5. The zero-order chi connectivity index (χ0) is 13.7. The van der Waals surface area contributed by atoms with Crippen LogP contribution in [0.3, 0.4) is 0 Å². The van der Waals surface area contributed by atoms with E-state index in [1.165, 1.54) is 12.8 Å². The van der Waals surface area contributed by atoms with E-state index in [1.54, 1.807) is 12.1 Å². The van der Waals surface area contributed by atoms with Crippen LogP contribution in [0.5, 0.6) is 5.75 Å². The minimum Gasteiger partial charge on any atom is -0.491 e. The largest absolute Gasteiger partial charge is 0.491 e. The molecule has 0 bridgehead atoms. The van der Waals surface area contributed by atoms with Crippen LogP contribution in [0.4, 0.5) is 5.69 Å². The molecule has 3 nitrogen and oxygen atoms in total. The predicted molar refractivity (Wildman–Crippen MR) is 77.5 cm³/mol. The Kier molecular flexibility index (Phi) is 4.61. The van der Waals surface area contributed by atoms with Gasteiger partial charge in [-0.05, 0) is 50.3 Å². The average molecular weight is 259 g/mol. The molecule has 0 unspecified atom stereocenters. The first-order valence-electron chi connectivity index (χ1n) is 6.99. The van der Waals surface area contributed by atoms with Gasteiger partial charge in [0.2, 0.25) is 0 Å². The number of allylic oxidation sites excluding steroid dienone is 2. The summed E-state index contributed by atoms with van der Waals surface area (Å²) in [6, 6.07) is 5.38. The second-order valence-corrected chi connectivity index (χ2v) is 4.81. The van der Waals surface area contributed by atoms with Crippen LogP contribution in [0, 0.1) is 0 Å². The van der Waals surface area contributed by atoms with Crippen molar-refractivity contribution in [3.8, 4) is 5.75 Å². The van der Waals surface area contributed by atoms with Gasteiger partial charge < -0.3 is 10.5 Å². The molecule has 1 aliphatic rings. The first-order valence-corrected chi connectivity index (χ1v) is 6.99. The summed E-state index contributed by atoms with van der Waals surface area (Å²) < 4.78 is 5.54. The number of Topliss-reactive ketones (excluding diaryl/α,β-unsaturated/α-hetero) is 1. The van der Waals surface area contributed by atoms with Gasteiger partial charge >= 0.3 is 0 Å². The number of ketones is 1. The van der Waals surface area contributed by atoms with E-state index in [1.807, 2.05) is 13.0 Å². The van der Waals surface area contributed by atoms with E-state index in [-0.39, 0.29) is 5.78 Å². The van der Waals surface area contributed by atoms with Gasteiger partial charge in [0, 0.05) is 0 Å². The SMILES string of the molecule is CCOc1c(N)cccc1C(=O)C1=CCCCCC1. The highest BCUT2D eigenvalue weighted by Gasteiger charge is 2.19. The lowest BCUT2D eigenvalue weighted by Gasteiger charge is -2.13. The Bertz CT molecular complexity index is 492. The Morgan fingerprint density at radius 3 is 2.95 bits per heavy atom. The molecule has 3 heteroatoms. The Morgan fingerprint density at radius 1 is 1.32 bits per heavy atom. The molecule has 0 fully saturated rings. The second-order valence-electron chi connectivity index (χ2n) is 4.81. The van der Waals surface area contributed by atoms with Gasteiger partial charge in [-0.15, -0.1) is 0 Å². The minimum absolute atomic E-state index is 0.0673. The fourth-order valence-electron chi connectivity index (χ4n) is 2.43. The fourth-order valence-corrected chi connectivity index (χ4v) is 2.43. The maximum absolute atomic E-state index is 12.6. The highest BCUT2D eigenvalue weighted by molar-refractivity contribution is 6.11. The number of nitrogens with two attached hydrogens (primary N) is 1. The summed E-state index contributed by atoms with van der Waals surface area (Å²) in [6.07, 6.45) is 7.39. The van der Waals surface area contributed by atoms with Crippen LogP contribution in [-0.4, -0.2) is 12.4 Å². The summed E-state index contributed by atoms with van der Waals surface area (Å²) in [5.74, 6) is 0.595. The summed E-state index contributed by atoms with van der Waals surface area (Å²) in [5.41, 5.74) is 7.94. The minimum atomic E-state index is 0.0673. The van der Waals surface area contributed by atoms with Crippen molar-refractivity contribution in [3.05, 3.63) is 35.4 Å². The molecular formula is C16H21NO2. The van der Waals surface area contributed by atoms with Crippen molar-refractivity contribution in [3.63, 3.8) is 0 Å². The van der Waals surface area contributed by atoms with E-state index in [4.69, 9.17) is 10.5 Å². The number of nitrogen functional groups attached to an aromatic ring is 1. The zero-order valence-corrected chi connectivity index (χ0v) is 11.4. The van der Waals surface area contributed by atoms with Crippen molar-refractivity contribution in [2.75, 3.05) is 12.3 Å². The summed E-state index contributed by atoms with van der Waals surface area (Å²) in [4.78, 5) is 12.6. The molecule has 0 spiro atoms. The maximum atomic E-state index is 12.6. The van der Waals surface area contributed by atoms with Gasteiger partial charge in [-0.2, -0.15) is 0 Å². The molecule has 1 aromatic carbocycles. The van der Waals surface area contributed by atoms with E-state index >= 15 is 0 Å². The quantitative estimate of drug-likeness (QED) is 0.662. The monoisotopic (exact) mass is 259 g/mol. The van der Waals surface area contributed by atoms with E-state index in [9.17, 15) is 4.79 Å². The van der Waals surface area contributed by atoms with Crippen molar-refractivity contribution in [2.24, 2.45) is 0 Å². The van der Waals surface area contributed by atoms with Gasteiger partial charge in [-0.25, -0.2) is 0 Å². The van der Waals surface area contributed by atoms with Crippen LogP contribution in [0.15, 0.2) is 29.8 Å². The molecule has 0 aliphatic heterocycles. The first kappa shape index (κ1) is 13.7. The van der Waals surface area contributed by atoms with Gasteiger partial charge in [0.25, 0.3) is 0 Å². The number of ether oxygens (including phenoxy) is 1. The van der Waals surface area contributed by atoms with E-state index in [2.05, 4.69) is 6.08 Å². The molecule has 0 saturated heterocycles. The summed E-state index contributed by atoms with van der Waals surface area (Å²) in [6.45, 7) is 2.40. The van der Waals surface area contributed by atoms with E-state index in [0.717, 1.165) is 24.8 Å². The summed E-state index contributed by atoms with van der Waals surface area (Å²) >= 11 is 0. The smallest absolute Gasteiger partial charge is 0.192 e. The molecule has 0 atom stereocenters. The molecule has 1 aromatic rings. The summed E-state index contributed by atoms with van der Waals surface area (Å²) in [5, 5.41) is 0. The molecule has 0 amide bonds. The maximum Gasteiger partial charge on any atom is 0.192 e. The number of rotatable bonds is 4. The normalized spacial score (nSPS) is 15.5. The van der Waals surface area contributed by atoms with Crippen LogP contribution in [0.2, 0.25) is 0 Å². The second kappa shape index (κ2) is 6.41.